The van der Waals surface area contributed by atoms with E-state index in [-0.39, 0.29) is 13.0 Å². The van der Waals surface area contributed by atoms with Crippen molar-refractivity contribution >= 4 is 5.97 Å². The fourth-order valence-electron chi connectivity index (χ4n) is 2.19. The van der Waals surface area contributed by atoms with Gasteiger partial charge in [-0.1, -0.05) is 0 Å². The van der Waals surface area contributed by atoms with Crippen molar-refractivity contribution < 1.29 is 27.8 Å². The molecule has 1 aliphatic rings. The Kier molecular flexibility index (Phi) is 4.98. The highest BCUT2D eigenvalue weighted by Crippen LogP contribution is 2.45. The van der Waals surface area contributed by atoms with Gasteiger partial charge in [0, 0.05) is 20.3 Å². The van der Waals surface area contributed by atoms with Crippen LogP contribution in [-0.2, 0) is 9.53 Å². The molecule has 0 saturated carbocycles. The predicted octanol–water partition coefficient (Wildman–Crippen LogP) is 1.75. The van der Waals surface area contributed by atoms with Gasteiger partial charge in [0.25, 0.3) is 0 Å². The second-order valence-corrected chi connectivity index (χ2v) is 4.61. The summed E-state index contributed by atoms with van der Waals surface area (Å²) in [6, 6.07) is 0. The standard InChI is InChI=1S/C11H18F3NO3/c1-18-7-3-2-5-15-6-4-10(8-15,9(16)17)11(12,13)14/h2-8H2,1H3,(H,16,17). The van der Waals surface area contributed by atoms with E-state index >= 15 is 0 Å². The number of ether oxygens (including phenoxy) is 1. The summed E-state index contributed by atoms with van der Waals surface area (Å²) in [5, 5.41) is 8.86. The number of likely N-dealkylation sites (tertiary alicyclic amines) is 1. The van der Waals surface area contributed by atoms with E-state index in [9.17, 15) is 18.0 Å². The van der Waals surface area contributed by atoms with Gasteiger partial charge < -0.3 is 14.7 Å². The molecule has 18 heavy (non-hydrogen) atoms. The number of carboxylic acid groups (broad SMARTS) is 1. The maximum Gasteiger partial charge on any atom is 0.406 e. The molecule has 1 saturated heterocycles. The third-order valence-electron chi connectivity index (χ3n) is 3.37. The number of aliphatic carboxylic acids is 1. The van der Waals surface area contributed by atoms with E-state index in [4.69, 9.17) is 9.84 Å². The Morgan fingerprint density at radius 3 is 2.56 bits per heavy atom. The number of carboxylic acids is 1. The molecule has 1 aliphatic heterocycles. The van der Waals surface area contributed by atoms with Crippen molar-refractivity contribution in [2.24, 2.45) is 5.41 Å². The Labute approximate surface area is 104 Å². The second kappa shape index (κ2) is 5.88. The van der Waals surface area contributed by atoms with E-state index in [1.165, 1.54) is 0 Å². The number of hydrogen-bond acceptors (Lipinski definition) is 3. The van der Waals surface area contributed by atoms with E-state index in [0.717, 1.165) is 6.42 Å². The number of alkyl halides is 3. The lowest BCUT2D eigenvalue weighted by Crippen LogP contribution is -2.47. The molecule has 0 radical (unpaired) electrons. The van der Waals surface area contributed by atoms with Crippen LogP contribution in [-0.4, -0.2) is 55.5 Å². The fourth-order valence-corrected chi connectivity index (χ4v) is 2.19. The normalized spacial score (nSPS) is 25.6. The van der Waals surface area contributed by atoms with E-state index in [2.05, 4.69) is 0 Å². The molecular formula is C11H18F3NO3. The van der Waals surface area contributed by atoms with E-state index < -0.39 is 24.1 Å². The van der Waals surface area contributed by atoms with Crippen molar-refractivity contribution in [2.75, 3.05) is 33.4 Å². The molecule has 0 bridgehead atoms. The van der Waals surface area contributed by atoms with E-state index in [1.54, 1.807) is 12.0 Å². The van der Waals surface area contributed by atoms with Gasteiger partial charge in [0.2, 0.25) is 0 Å². The minimum atomic E-state index is -4.69. The van der Waals surface area contributed by atoms with Crippen LogP contribution in [0.3, 0.4) is 0 Å². The Bertz CT molecular complexity index is 296. The monoisotopic (exact) mass is 269 g/mol. The average molecular weight is 269 g/mol. The van der Waals surface area contributed by atoms with Crippen LogP contribution in [0.1, 0.15) is 19.3 Å². The van der Waals surface area contributed by atoms with Gasteiger partial charge in [-0.15, -0.1) is 0 Å². The van der Waals surface area contributed by atoms with E-state index in [1.807, 2.05) is 0 Å². The van der Waals surface area contributed by atoms with Gasteiger partial charge in [0.15, 0.2) is 5.41 Å². The van der Waals surface area contributed by atoms with Gasteiger partial charge in [-0.3, -0.25) is 4.79 Å². The molecule has 0 spiro atoms. The van der Waals surface area contributed by atoms with Crippen molar-refractivity contribution in [3.63, 3.8) is 0 Å². The Morgan fingerprint density at radius 2 is 2.11 bits per heavy atom. The van der Waals surface area contributed by atoms with Gasteiger partial charge in [-0.25, -0.2) is 0 Å². The average Bonchev–Trinajstić information content (AvgIpc) is 2.69. The van der Waals surface area contributed by atoms with Crippen LogP contribution in [0.2, 0.25) is 0 Å². The maximum atomic E-state index is 12.9. The van der Waals surface area contributed by atoms with Crippen LogP contribution in [0.4, 0.5) is 13.2 Å². The molecular weight excluding hydrogens is 251 g/mol. The molecule has 0 aliphatic carbocycles. The number of methoxy groups -OCH3 is 1. The summed E-state index contributed by atoms with van der Waals surface area (Å²) >= 11 is 0. The molecule has 1 atom stereocenters. The van der Waals surface area contributed by atoms with Gasteiger partial charge >= 0.3 is 12.1 Å². The largest absolute Gasteiger partial charge is 0.481 e. The van der Waals surface area contributed by atoms with Crippen molar-refractivity contribution in [1.29, 1.82) is 0 Å². The summed E-state index contributed by atoms with van der Waals surface area (Å²) in [5.74, 6) is -1.77. The topological polar surface area (TPSA) is 49.8 Å². The number of hydrogen-bond donors (Lipinski definition) is 1. The lowest BCUT2D eigenvalue weighted by atomic mass is 9.86. The lowest BCUT2D eigenvalue weighted by molar-refractivity contribution is -0.227. The van der Waals surface area contributed by atoms with Crippen molar-refractivity contribution in [3.8, 4) is 0 Å². The summed E-state index contributed by atoms with van der Waals surface area (Å²) in [7, 11) is 1.56. The van der Waals surface area contributed by atoms with Crippen LogP contribution in [0.5, 0.6) is 0 Å². The molecule has 106 valence electrons. The van der Waals surface area contributed by atoms with E-state index in [0.29, 0.717) is 19.6 Å². The van der Waals surface area contributed by atoms with Crippen molar-refractivity contribution in [1.82, 2.24) is 4.90 Å². The zero-order chi connectivity index (χ0) is 13.8. The Hall–Kier alpha value is -0.820. The number of halogens is 3. The van der Waals surface area contributed by atoms with Gasteiger partial charge in [-0.2, -0.15) is 13.2 Å². The first-order chi connectivity index (χ1) is 8.33. The number of nitrogens with zero attached hydrogens (tertiary/aromatic N) is 1. The first kappa shape index (κ1) is 15.2. The summed E-state index contributed by atoms with van der Waals surface area (Å²) in [6.07, 6.45) is -3.59. The zero-order valence-corrected chi connectivity index (χ0v) is 10.3. The summed E-state index contributed by atoms with van der Waals surface area (Å²) < 4.78 is 43.4. The Morgan fingerprint density at radius 1 is 1.44 bits per heavy atom. The zero-order valence-electron chi connectivity index (χ0n) is 10.3. The van der Waals surface area contributed by atoms with Gasteiger partial charge in [0.05, 0.1) is 0 Å². The van der Waals surface area contributed by atoms with Crippen LogP contribution < -0.4 is 0 Å². The van der Waals surface area contributed by atoms with Crippen molar-refractivity contribution in [3.05, 3.63) is 0 Å². The highest BCUT2D eigenvalue weighted by molar-refractivity contribution is 5.76. The molecule has 4 nitrogen and oxygen atoms in total. The fraction of sp³-hybridized carbons (Fsp3) is 0.909. The molecule has 0 aromatic carbocycles. The number of unbranched alkanes of at least 4 members (excludes halogenated alkanes) is 1. The minimum absolute atomic E-state index is 0.179. The molecule has 1 N–H and O–H groups in total. The molecule has 1 rings (SSSR count). The number of rotatable bonds is 6. The highest BCUT2D eigenvalue weighted by atomic mass is 19.4. The quantitative estimate of drug-likeness (QED) is 0.746. The third-order valence-corrected chi connectivity index (χ3v) is 3.37. The second-order valence-electron chi connectivity index (χ2n) is 4.61. The summed E-state index contributed by atoms with van der Waals surface area (Å²) in [5.41, 5.74) is -2.59. The van der Waals surface area contributed by atoms with Crippen LogP contribution in [0.15, 0.2) is 0 Å². The molecule has 0 aromatic rings. The highest BCUT2D eigenvalue weighted by Gasteiger charge is 2.63. The first-order valence-electron chi connectivity index (χ1n) is 5.85. The van der Waals surface area contributed by atoms with Crippen molar-refractivity contribution in [2.45, 2.75) is 25.4 Å². The first-order valence-corrected chi connectivity index (χ1v) is 5.85. The smallest absolute Gasteiger partial charge is 0.406 e. The molecule has 1 unspecified atom stereocenters. The molecule has 0 aromatic heterocycles. The van der Waals surface area contributed by atoms with Crippen LogP contribution >= 0.6 is 0 Å². The Balaban J connectivity index is 2.54. The van der Waals surface area contributed by atoms with Crippen LogP contribution in [0, 0.1) is 5.41 Å². The van der Waals surface area contributed by atoms with Gasteiger partial charge in [0.1, 0.15) is 0 Å². The molecule has 7 heteroatoms. The molecule has 1 heterocycles. The SMILES string of the molecule is COCCCCN1CCC(C(=O)O)(C(F)(F)F)C1. The minimum Gasteiger partial charge on any atom is -0.481 e. The predicted molar refractivity (Wildman–Crippen MR) is 58.3 cm³/mol. The van der Waals surface area contributed by atoms with Crippen LogP contribution in [0.25, 0.3) is 0 Å². The molecule has 1 fully saturated rings. The third kappa shape index (κ3) is 3.14. The lowest BCUT2D eigenvalue weighted by Gasteiger charge is -2.27. The summed E-state index contributed by atoms with van der Waals surface area (Å²) in [6.45, 7) is 0.781. The number of carbonyl (C=O) groups is 1. The maximum absolute atomic E-state index is 12.9. The summed E-state index contributed by atoms with van der Waals surface area (Å²) in [4.78, 5) is 12.5. The van der Waals surface area contributed by atoms with Gasteiger partial charge in [-0.05, 0) is 32.4 Å². The molecule has 0 amide bonds.